The van der Waals surface area contributed by atoms with Crippen LogP contribution in [0.4, 0.5) is 10.3 Å². The average Bonchev–Trinajstić information content (AvgIpc) is 2.71. The SMILES string of the molecule is CNC(=O)c1ccc(C(C)Cc2nc(N[C@@H](CO)CC(C)C)nc(S(C)(=O)=O)n2)cc1F. The number of halogens is 1. The fraction of sp³-hybridized carbons (Fsp3) is 0.524. The van der Waals surface area contributed by atoms with Crippen molar-refractivity contribution in [3.63, 3.8) is 0 Å². The molecule has 2 atom stereocenters. The van der Waals surface area contributed by atoms with Crippen LogP contribution in [0.15, 0.2) is 23.4 Å². The molecule has 2 aromatic rings. The molecule has 176 valence electrons. The molecule has 1 aromatic carbocycles. The van der Waals surface area contributed by atoms with Gasteiger partial charge in [-0.1, -0.05) is 26.8 Å². The Morgan fingerprint density at radius 1 is 1.19 bits per heavy atom. The monoisotopic (exact) mass is 467 g/mol. The summed E-state index contributed by atoms with van der Waals surface area (Å²) >= 11 is 0. The Morgan fingerprint density at radius 2 is 1.88 bits per heavy atom. The molecule has 0 radical (unpaired) electrons. The zero-order chi connectivity index (χ0) is 24.1. The number of anilines is 1. The Hall–Kier alpha value is -2.66. The van der Waals surface area contributed by atoms with E-state index in [0.29, 0.717) is 17.9 Å². The van der Waals surface area contributed by atoms with E-state index < -0.39 is 21.6 Å². The molecular formula is C21H30FN5O4S. The van der Waals surface area contributed by atoms with Crippen LogP contribution in [0.1, 0.15) is 54.9 Å². The quantitative estimate of drug-likeness (QED) is 0.483. The number of sulfone groups is 1. The summed E-state index contributed by atoms with van der Waals surface area (Å²) in [7, 11) is -2.28. The first-order valence-electron chi connectivity index (χ1n) is 10.3. The Bertz CT molecular complexity index is 1060. The van der Waals surface area contributed by atoms with Crippen molar-refractivity contribution in [1.82, 2.24) is 20.3 Å². The third-order valence-electron chi connectivity index (χ3n) is 4.83. The second kappa shape index (κ2) is 10.8. The molecule has 0 fully saturated rings. The Balaban J connectivity index is 2.33. The maximum absolute atomic E-state index is 14.3. The number of aliphatic hydroxyl groups excluding tert-OH is 1. The molecule has 11 heteroatoms. The van der Waals surface area contributed by atoms with Gasteiger partial charge in [-0.05, 0) is 36.0 Å². The molecule has 0 spiro atoms. The number of hydrogen-bond acceptors (Lipinski definition) is 8. The van der Waals surface area contributed by atoms with Crippen LogP contribution >= 0.6 is 0 Å². The van der Waals surface area contributed by atoms with Gasteiger partial charge in [0.15, 0.2) is 0 Å². The van der Waals surface area contributed by atoms with Crippen molar-refractivity contribution in [3.05, 3.63) is 41.0 Å². The highest BCUT2D eigenvalue weighted by atomic mass is 32.2. The molecule has 0 saturated carbocycles. The fourth-order valence-corrected chi connectivity index (χ4v) is 3.72. The number of hydrogen-bond donors (Lipinski definition) is 3. The van der Waals surface area contributed by atoms with Gasteiger partial charge in [0, 0.05) is 19.7 Å². The molecule has 1 heterocycles. The number of aromatic nitrogens is 3. The van der Waals surface area contributed by atoms with Crippen LogP contribution in [-0.2, 0) is 16.3 Å². The molecule has 9 nitrogen and oxygen atoms in total. The van der Waals surface area contributed by atoms with Gasteiger partial charge in [-0.25, -0.2) is 17.8 Å². The van der Waals surface area contributed by atoms with Gasteiger partial charge >= 0.3 is 0 Å². The molecule has 32 heavy (non-hydrogen) atoms. The highest BCUT2D eigenvalue weighted by molar-refractivity contribution is 7.90. The summed E-state index contributed by atoms with van der Waals surface area (Å²) < 4.78 is 38.5. The van der Waals surface area contributed by atoms with Crippen LogP contribution < -0.4 is 10.6 Å². The maximum atomic E-state index is 14.3. The normalized spacial score (nSPS) is 13.6. The zero-order valence-corrected chi connectivity index (χ0v) is 19.7. The molecule has 0 aliphatic rings. The predicted octanol–water partition coefficient (Wildman–Crippen LogP) is 1.94. The van der Waals surface area contributed by atoms with E-state index in [-0.39, 0.29) is 47.5 Å². The molecule has 3 N–H and O–H groups in total. The van der Waals surface area contributed by atoms with Crippen molar-refractivity contribution in [2.24, 2.45) is 5.92 Å². The van der Waals surface area contributed by atoms with Crippen molar-refractivity contribution in [3.8, 4) is 0 Å². The maximum Gasteiger partial charge on any atom is 0.253 e. The third-order valence-corrected chi connectivity index (χ3v) is 5.67. The van der Waals surface area contributed by atoms with Crippen molar-refractivity contribution in [2.45, 2.75) is 50.7 Å². The van der Waals surface area contributed by atoms with Crippen molar-refractivity contribution >= 4 is 21.7 Å². The molecule has 1 amide bonds. The lowest BCUT2D eigenvalue weighted by atomic mass is 9.96. The molecule has 0 aliphatic heterocycles. The second-order valence-corrected chi connectivity index (χ2v) is 10.1. The molecular weight excluding hydrogens is 437 g/mol. The predicted molar refractivity (Wildman–Crippen MR) is 119 cm³/mol. The van der Waals surface area contributed by atoms with Crippen LogP contribution in [0.2, 0.25) is 0 Å². The average molecular weight is 468 g/mol. The van der Waals surface area contributed by atoms with Crippen LogP contribution in [0.25, 0.3) is 0 Å². The molecule has 0 aliphatic carbocycles. The van der Waals surface area contributed by atoms with Gasteiger partial charge in [0.1, 0.15) is 11.6 Å². The summed E-state index contributed by atoms with van der Waals surface area (Å²) in [5, 5.41) is 14.6. The lowest BCUT2D eigenvalue weighted by Gasteiger charge is -2.19. The van der Waals surface area contributed by atoms with Crippen LogP contribution in [-0.4, -0.2) is 60.3 Å². The molecule has 1 aromatic heterocycles. The first-order valence-corrected chi connectivity index (χ1v) is 12.2. The van der Waals surface area contributed by atoms with E-state index in [1.807, 2.05) is 20.8 Å². The zero-order valence-electron chi connectivity index (χ0n) is 18.9. The summed E-state index contributed by atoms with van der Waals surface area (Å²) in [6, 6.07) is 3.97. The van der Waals surface area contributed by atoms with E-state index in [2.05, 4.69) is 25.6 Å². The number of nitrogens with one attached hydrogen (secondary N) is 2. The van der Waals surface area contributed by atoms with Crippen molar-refractivity contribution in [1.29, 1.82) is 0 Å². The summed E-state index contributed by atoms with van der Waals surface area (Å²) in [4.78, 5) is 24.1. The summed E-state index contributed by atoms with van der Waals surface area (Å²) in [6.45, 7) is 5.66. The largest absolute Gasteiger partial charge is 0.394 e. The topological polar surface area (TPSA) is 134 Å². The van der Waals surface area contributed by atoms with Crippen molar-refractivity contribution < 1.29 is 22.7 Å². The Morgan fingerprint density at radius 3 is 2.41 bits per heavy atom. The Kier molecular flexibility index (Phi) is 8.62. The van der Waals surface area contributed by atoms with E-state index in [0.717, 1.165) is 6.26 Å². The highest BCUT2D eigenvalue weighted by Gasteiger charge is 2.20. The second-order valence-electron chi connectivity index (χ2n) is 8.21. The minimum absolute atomic E-state index is 0.0588. The smallest absolute Gasteiger partial charge is 0.253 e. The van der Waals surface area contributed by atoms with E-state index in [1.54, 1.807) is 6.07 Å². The fourth-order valence-electron chi connectivity index (χ4n) is 3.20. The summed E-state index contributed by atoms with van der Waals surface area (Å²) in [6.07, 6.45) is 1.86. The first kappa shape index (κ1) is 25.6. The molecule has 2 rings (SSSR count). The Labute approximate surface area is 187 Å². The highest BCUT2D eigenvalue weighted by Crippen LogP contribution is 2.23. The standard InChI is InChI=1S/C21H30FN5O4S/c1-12(2)8-15(11-28)24-20-25-18(26-21(27-20)32(5,30)31)9-13(3)14-6-7-16(17(22)10-14)19(29)23-4/h6-7,10,12-13,15,28H,8-9,11H2,1-5H3,(H,23,29)(H,24,25,26,27)/t13?,15-/m1/s1. The first-order chi connectivity index (χ1) is 14.9. The summed E-state index contributed by atoms with van der Waals surface area (Å²) in [5.41, 5.74) is 0.550. The van der Waals surface area contributed by atoms with Crippen LogP contribution in [0.3, 0.4) is 0 Å². The number of rotatable bonds is 10. The van der Waals surface area contributed by atoms with E-state index in [1.165, 1.54) is 19.2 Å². The van der Waals surface area contributed by atoms with E-state index in [9.17, 15) is 22.7 Å². The molecule has 1 unspecified atom stereocenters. The van der Waals surface area contributed by atoms with Crippen LogP contribution in [0, 0.1) is 11.7 Å². The van der Waals surface area contributed by atoms with Crippen molar-refractivity contribution in [2.75, 3.05) is 25.2 Å². The summed E-state index contributed by atoms with van der Waals surface area (Å²) in [5.74, 6) is -0.871. The number of amides is 1. The lowest BCUT2D eigenvalue weighted by Crippen LogP contribution is -2.27. The number of aliphatic hydroxyl groups is 1. The minimum Gasteiger partial charge on any atom is -0.394 e. The van der Waals surface area contributed by atoms with Gasteiger partial charge in [0.2, 0.25) is 15.8 Å². The van der Waals surface area contributed by atoms with Gasteiger partial charge in [-0.15, -0.1) is 0 Å². The van der Waals surface area contributed by atoms with E-state index >= 15 is 0 Å². The minimum atomic E-state index is -3.71. The molecule has 0 saturated heterocycles. The van der Waals surface area contributed by atoms with E-state index in [4.69, 9.17) is 0 Å². The van der Waals surface area contributed by atoms with Gasteiger partial charge < -0.3 is 15.7 Å². The van der Waals surface area contributed by atoms with Gasteiger partial charge in [-0.2, -0.15) is 9.97 Å². The number of carbonyl (C=O) groups excluding carboxylic acids is 1. The van der Waals surface area contributed by atoms with Crippen LogP contribution in [0.5, 0.6) is 0 Å². The number of carbonyl (C=O) groups is 1. The number of nitrogens with zero attached hydrogens (tertiary/aromatic N) is 3. The van der Waals surface area contributed by atoms with Gasteiger partial charge in [0.05, 0.1) is 18.2 Å². The lowest BCUT2D eigenvalue weighted by molar-refractivity contribution is 0.0959. The number of benzene rings is 1. The van der Waals surface area contributed by atoms with Gasteiger partial charge in [0.25, 0.3) is 11.1 Å². The van der Waals surface area contributed by atoms with Gasteiger partial charge in [-0.3, -0.25) is 4.79 Å². The third kappa shape index (κ3) is 6.92. The molecule has 0 bridgehead atoms.